The SMILES string of the molecule is Cc1oc(C)c(C(N)c2ccc3c(c2)C(=O)NCC3)c1C. The first kappa shape index (κ1) is 13.9. The lowest BCUT2D eigenvalue weighted by atomic mass is 9.91. The molecule has 1 unspecified atom stereocenters. The van der Waals surface area contributed by atoms with Gasteiger partial charge in [-0.05, 0) is 49.9 Å². The van der Waals surface area contributed by atoms with Gasteiger partial charge in [0.05, 0.1) is 6.04 Å². The molecule has 4 nitrogen and oxygen atoms in total. The summed E-state index contributed by atoms with van der Waals surface area (Å²) >= 11 is 0. The van der Waals surface area contributed by atoms with Crippen molar-refractivity contribution in [3.8, 4) is 0 Å². The summed E-state index contributed by atoms with van der Waals surface area (Å²) in [4.78, 5) is 12.0. The third-order valence-corrected chi connectivity index (χ3v) is 4.35. The Bertz CT molecular complexity index is 716. The maximum absolute atomic E-state index is 12.0. The molecule has 21 heavy (non-hydrogen) atoms. The fourth-order valence-corrected chi connectivity index (χ4v) is 3.06. The second-order valence-corrected chi connectivity index (χ2v) is 5.65. The highest BCUT2D eigenvalue weighted by molar-refractivity contribution is 5.96. The zero-order valence-electron chi connectivity index (χ0n) is 12.6. The van der Waals surface area contributed by atoms with Crippen LogP contribution in [0.15, 0.2) is 22.6 Å². The molecule has 0 saturated heterocycles. The minimum atomic E-state index is -0.275. The Morgan fingerprint density at radius 1 is 1.24 bits per heavy atom. The molecule has 3 rings (SSSR count). The summed E-state index contributed by atoms with van der Waals surface area (Å²) in [5, 5.41) is 2.87. The van der Waals surface area contributed by atoms with Crippen molar-refractivity contribution < 1.29 is 9.21 Å². The first-order valence-electron chi connectivity index (χ1n) is 7.22. The van der Waals surface area contributed by atoms with E-state index in [1.165, 1.54) is 0 Å². The van der Waals surface area contributed by atoms with Crippen LogP contribution in [0.1, 0.15) is 50.2 Å². The van der Waals surface area contributed by atoms with E-state index in [0.717, 1.165) is 45.8 Å². The molecule has 0 spiro atoms. The molecule has 1 aromatic carbocycles. The lowest BCUT2D eigenvalue weighted by molar-refractivity contribution is 0.0946. The second-order valence-electron chi connectivity index (χ2n) is 5.65. The number of benzene rings is 1. The molecule has 0 radical (unpaired) electrons. The van der Waals surface area contributed by atoms with Crippen LogP contribution in [0.2, 0.25) is 0 Å². The Hall–Kier alpha value is -2.07. The monoisotopic (exact) mass is 284 g/mol. The molecule has 2 aromatic rings. The van der Waals surface area contributed by atoms with Gasteiger partial charge in [0.15, 0.2) is 0 Å². The van der Waals surface area contributed by atoms with Gasteiger partial charge in [0, 0.05) is 17.7 Å². The molecule has 1 amide bonds. The molecular formula is C17H20N2O2. The van der Waals surface area contributed by atoms with Gasteiger partial charge in [-0.25, -0.2) is 0 Å². The highest BCUT2D eigenvalue weighted by Gasteiger charge is 2.22. The van der Waals surface area contributed by atoms with E-state index in [1.807, 2.05) is 39.0 Å². The molecule has 1 atom stereocenters. The topological polar surface area (TPSA) is 68.3 Å². The first-order chi connectivity index (χ1) is 9.99. The second kappa shape index (κ2) is 5.04. The standard InChI is InChI=1S/C17H20N2O2/c1-9-10(2)21-11(3)15(9)16(18)13-5-4-12-6-7-19-17(20)14(12)8-13/h4-5,8,16H,6-7,18H2,1-3H3,(H,19,20). The van der Waals surface area contributed by atoms with Gasteiger partial charge in [-0.1, -0.05) is 12.1 Å². The maximum Gasteiger partial charge on any atom is 0.251 e. The molecule has 1 aliphatic rings. The van der Waals surface area contributed by atoms with Crippen LogP contribution in [0.4, 0.5) is 0 Å². The fraction of sp³-hybridized carbons (Fsp3) is 0.353. The highest BCUT2D eigenvalue weighted by Crippen LogP contribution is 2.31. The van der Waals surface area contributed by atoms with Crippen LogP contribution in [0.3, 0.4) is 0 Å². The molecule has 3 N–H and O–H groups in total. The van der Waals surface area contributed by atoms with Gasteiger partial charge in [-0.3, -0.25) is 4.79 Å². The number of hydrogen-bond donors (Lipinski definition) is 2. The number of nitrogens with one attached hydrogen (secondary N) is 1. The van der Waals surface area contributed by atoms with Crippen molar-refractivity contribution in [1.82, 2.24) is 5.32 Å². The van der Waals surface area contributed by atoms with E-state index in [0.29, 0.717) is 6.54 Å². The highest BCUT2D eigenvalue weighted by atomic mass is 16.3. The molecule has 0 bridgehead atoms. The van der Waals surface area contributed by atoms with E-state index >= 15 is 0 Å². The van der Waals surface area contributed by atoms with Gasteiger partial charge in [-0.2, -0.15) is 0 Å². The van der Waals surface area contributed by atoms with Crippen LogP contribution in [0.25, 0.3) is 0 Å². The molecule has 1 aliphatic heterocycles. The smallest absolute Gasteiger partial charge is 0.251 e. The largest absolute Gasteiger partial charge is 0.466 e. The van der Waals surface area contributed by atoms with E-state index in [4.69, 9.17) is 10.2 Å². The zero-order valence-corrected chi connectivity index (χ0v) is 12.6. The van der Waals surface area contributed by atoms with Crippen molar-refractivity contribution in [1.29, 1.82) is 0 Å². The van der Waals surface area contributed by atoms with Gasteiger partial charge >= 0.3 is 0 Å². The number of nitrogens with two attached hydrogens (primary N) is 1. The minimum Gasteiger partial charge on any atom is -0.466 e. The van der Waals surface area contributed by atoms with Gasteiger partial charge in [0.1, 0.15) is 11.5 Å². The van der Waals surface area contributed by atoms with Crippen molar-refractivity contribution in [2.45, 2.75) is 33.2 Å². The summed E-state index contributed by atoms with van der Waals surface area (Å²) in [6.07, 6.45) is 0.874. The average Bonchev–Trinajstić information content (AvgIpc) is 2.71. The number of aryl methyl sites for hydroxylation is 2. The van der Waals surface area contributed by atoms with Gasteiger partial charge in [0.2, 0.25) is 0 Å². The van der Waals surface area contributed by atoms with E-state index in [9.17, 15) is 4.79 Å². The minimum absolute atomic E-state index is 0.0119. The summed E-state index contributed by atoms with van der Waals surface area (Å²) in [6, 6.07) is 5.67. The Balaban J connectivity index is 2.04. The van der Waals surface area contributed by atoms with Crippen LogP contribution in [-0.4, -0.2) is 12.5 Å². The van der Waals surface area contributed by atoms with Gasteiger partial charge < -0.3 is 15.5 Å². The van der Waals surface area contributed by atoms with Crippen molar-refractivity contribution >= 4 is 5.91 Å². The van der Waals surface area contributed by atoms with Crippen LogP contribution < -0.4 is 11.1 Å². The predicted molar refractivity (Wildman–Crippen MR) is 81.4 cm³/mol. The molecule has 110 valence electrons. The Labute approximate surface area is 124 Å². The van der Waals surface area contributed by atoms with E-state index in [1.54, 1.807) is 0 Å². The van der Waals surface area contributed by atoms with Crippen molar-refractivity contribution in [3.05, 3.63) is 57.5 Å². The lowest BCUT2D eigenvalue weighted by Gasteiger charge is -2.19. The average molecular weight is 284 g/mol. The summed E-state index contributed by atoms with van der Waals surface area (Å²) in [7, 11) is 0. The summed E-state index contributed by atoms with van der Waals surface area (Å²) < 4.78 is 5.66. The van der Waals surface area contributed by atoms with Crippen LogP contribution in [-0.2, 0) is 6.42 Å². The number of fused-ring (bicyclic) bond motifs is 1. The van der Waals surface area contributed by atoms with E-state index < -0.39 is 0 Å². The van der Waals surface area contributed by atoms with Gasteiger partial charge in [-0.15, -0.1) is 0 Å². The van der Waals surface area contributed by atoms with Crippen LogP contribution >= 0.6 is 0 Å². The van der Waals surface area contributed by atoms with Crippen LogP contribution in [0.5, 0.6) is 0 Å². The number of carbonyl (C=O) groups excluding carboxylic acids is 1. The number of furan rings is 1. The zero-order chi connectivity index (χ0) is 15.1. The molecule has 1 aromatic heterocycles. The van der Waals surface area contributed by atoms with Crippen LogP contribution in [0, 0.1) is 20.8 Å². The number of hydrogen-bond acceptors (Lipinski definition) is 3. The Morgan fingerprint density at radius 2 is 2.00 bits per heavy atom. The van der Waals surface area contributed by atoms with E-state index in [2.05, 4.69) is 5.32 Å². The third-order valence-electron chi connectivity index (χ3n) is 4.35. The summed E-state index contributed by atoms with van der Waals surface area (Å²) in [6.45, 7) is 6.60. The normalized spacial score (nSPS) is 15.5. The molecule has 0 aliphatic carbocycles. The molecule has 2 heterocycles. The van der Waals surface area contributed by atoms with Gasteiger partial charge in [0.25, 0.3) is 5.91 Å². The van der Waals surface area contributed by atoms with Crippen molar-refractivity contribution in [3.63, 3.8) is 0 Å². The van der Waals surface area contributed by atoms with Crippen molar-refractivity contribution in [2.24, 2.45) is 5.73 Å². The quantitative estimate of drug-likeness (QED) is 0.890. The first-order valence-corrected chi connectivity index (χ1v) is 7.22. The molecular weight excluding hydrogens is 264 g/mol. The summed E-state index contributed by atoms with van der Waals surface area (Å²) in [5.74, 6) is 1.73. The molecule has 4 heteroatoms. The number of carbonyl (C=O) groups is 1. The number of rotatable bonds is 2. The predicted octanol–water partition coefficient (Wildman–Crippen LogP) is 2.54. The maximum atomic E-state index is 12.0. The Morgan fingerprint density at radius 3 is 2.67 bits per heavy atom. The summed E-state index contributed by atoms with van der Waals surface area (Å²) in [5.41, 5.74) is 11.3. The fourth-order valence-electron chi connectivity index (χ4n) is 3.06. The van der Waals surface area contributed by atoms with E-state index in [-0.39, 0.29) is 11.9 Å². The van der Waals surface area contributed by atoms with Crippen molar-refractivity contribution in [2.75, 3.05) is 6.54 Å². The number of amides is 1. The molecule has 0 fully saturated rings. The lowest BCUT2D eigenvalue weighted by Crippen LogP contribution is -2.32. The molecule has 0 saturated carbocycles. The third kappa shape index (κ3) is 2.25. The Kier molecular flexibility index (Phi) is 3.33.